The number of rotatable bonds is 6. The van der Waals surface area contributed by atoms with Gasteiger partial charge in [0.2, 0.25) is 0 Å². The standard InChI is InChI=1S/C22H28N2O4/c1-12(2)28-18-10-9-15(11-19(18)27-5)14(4)23-22(26)21-13(3)20-16(24-21)7-6-8-17(20)25/h9-12,14,24H,6-8H2,1-5H3,(H,23,26). The lowest BCUT2D eigenvalue weighted by Gasteiger charge is -2.18. The van der Waals surface area contributed by atoms with Crippen molar-refractivity contribution < 1.29 is 19.1 Å². The topological polar surface area (TPSA) is 80.4 Å². The first kappa shape index (κ1) is 20.0. The van der Waals surface area contributed by atoms with Crippen LogP contribution in [0.2, 0.25) is 0 Å². The molecular formula is C22H28N2O4. The lowest BCUT2D eigenvalue weighted by atomic mass is 9.94. The lowest BCUT2D eigenvalue weighted by Crippen LogP contribution is -2.27. The largest absolute Gasteiger partial charge is 0.493 e. The van der Waals surface area contributed by atoms with E-state index in [4.69, 9.17) is 9.47 Å². The minimum Gasteiger partial charge on any atom is -0.493 e. The second-order valence-corrected chi connectivity index (χ2v) is 7.53. The normalized spacial score (nSPS) is 14.6. The first-order chi connectivity index (χ1) is 13.3. The molecule has 0 saturated heterocycles. The third-order valence-electron chi connectivity index (χ3n) is 5.06. The van der Waals surface area contributed by atoms with Crippen molar-refractivity contribution in [2.45, 2.75) is 59.1 Å². The summed E-state index contributed by atoms with van der Waals surface area (Å²) in [4.78, 5) is 28.2. The molecule has 0 bridgehead atoms. The van der Waals surface area contributed by atoms with Crippen LogP contribution < -0.4 is 14.8 Å². The van der Waals surface area contributed by atoms with Crippen molar-refractivity contribution in [3.63, 3.8) is 0 Å². The molecule has 6 nitrogen and oxygen atoms in total. The first-order valence-electron chi connectivity index (χ1n) is 9.71. The molecule has 1 unspecified atom stereocenters. The van der Waals surface area contributed by atoms with Crippen LogP contribution in [0.15, 0.2) is 18.2 Å². The van der Waals surface area contributed by atoms with Gasteiger partial charge in [0.1, 0.15) is 5.69 Å². The number of Topliss-reactive ketones (excluding diaryl/α,β-unsaturated/α-hetero) is 1. The van der Waals surface area contributed by atoms with Gasteiger partial charge in [-0.3, -0.25) is 9.59 Å². The summed E-state index contributed by atoms with van der Waals surface area (Å²) < 4.78 is 11.2. The molecule has 1 heterocycles. The van der Waals surface area contributed by atoms with Crippen molar-refractivity contribution in [2.75, 3.05) is 7.11 Å². The highest BCUT2D eigenvalue weighted by atomic mass is 16.5. The van der Waals surface area contributed by atoms with Gasteiger partial charge in [-0.25, -0.2) is 0 Å². The molecule has 1 atom stereocenters. The Morgan fingerprint density at radius 2 is 1.93 bits per heavy atom. The molecule has 0 fully saturated rings. The van der Waals surface area contributed by atoms with E-state index in [1.54, 1.807) is 7.11 Å². The summed E-state index contributed by atoms with van der Waals surface area (Å²) in [7, 11) is 1.60. The Morgan fingerprint density at radius 3 is 2.57 bits per heavy atom. The van der Waals surface area contributed by atoms with Gasteiger partial charge in [-0.1, -0.05) is 6.07 Å². The Morgan fingerprint density at radius 1 is 1.18 bits per heavy atom. The number of aromatic amines is 1. The van der Waals surface area contributed by atoms with Gasteiger partial charge in [0.25, 0.3) is 5.91 Å². The van der Waals surface area contributed by atoms with E-state index < -0.39 is 0 Å². The van der Waals surface area contributed by atoms with Crippen molar-refractivity contribution in [3.05, 3.63) is 46.3 Å². The molecule has 1 aromatic heterocycles. The lowest BCUT2D eigenvalue weighted by molar-refractivity contribution is 0.0934. The van der Waals surface area contributed by atoms with E-state index in [0.717, 1.165) is 29.7 Å². The summed E-state index contributed by atoms with van der Waals surface area (Å²) in [5, 5.41) is 3.01. The molecule has 28 heavy (non-hydrogen) atoms. The molecule has 1 amide bonds. The van der Waals surface area contributed by atoms with Gasteiger partial charge in [-0.2, -0.15) is 0 Å². The zero-order chi connectivity index (χ0) is 20.4. The van der Waals surface area contributed by atoms with Gasteiger partial charge >= 0.3 is 0 Å². The highest BCUT2D eigenvalue weighted by molar-refractivity contribution is 6.04. The monoisotopic (exact) mass is 384 g/mol. The van der Waals surface area contributed by atoms with Crippen LogP contribution in [0.3, 0.4) is 0 Å². The van der Waals surface area contributed by atoms with Crippen LogP contribution in [0, 0.1) is 6.92 Å². The Kier molecular flexibility index (Phi) is 5.77. The van der Waals surface area contributed by atoms with Crippen molar-refractivity contribution in [1.82, 2.24) is 10.3 Å². The molecule has 1 aliphatic carbocycles. The number of carbonyl (C=O) groups is 2. The Balaban J connectivity index is 1.79. The molecular weight excluding hydrogens is 356 g/mol. The molecule has 0 spiro atoms. The molecule has 1 aromatic carbocycles. The van der Waals surface area contributed by atoms with Crippen LogP contribution in [-0.2, 0) is 6.42 Å². The Bertz CT molecular complexity index is 898. The number of hydrogen-bond acceptors (Lipinski definition) is 4. The van der Waals surface area contributed by atoms with Crippen LogP contribution in [-0.4, -0.2) is 29.9 Å². The number of ether oxygens (including phenoxy) is 2. The van der Waals surface area contributed by atoms with Gasteiger partial charge < -0.3 is 19.8 Å². The van der Waals surface area contributed by atoms with Gasteiger partial charge in [-0.05, 0) is 63.8 Å². The summed E-state index contributed by atoms with van der Waals surface area (Å²) >= 11 is 0. The van der Waals surface area contributed by atoms with Crippen LogP contribution in [0.1, 0.15) is 77.3 Å². The molecule has 6 heteroatoms. The van der Waals surface area contributed by atoms with E-state index in [0.29, 0.717) is 29.2 Å². The third kappa shape index (κ3) is 3.91. The number of aryl methyl sites for hydroxylation is 1. The summed E-state index contributed by atoms with van der Waals surface area (Å²) in [5.74, 6) is 1.21. The van der Waals surface area contributed by atoms with Crippen LogP contribution in [0.4, 0.5) is 0 Å². The number of H-pyrrole nitrogens is 1. The summed E-state index contributed by atoms with van der Waals surface area (Å²) in [6.45, 7) is 7.66. The SMILES string of the molecule is COc1cc(C(C)NC(=O)c2[nH]c3c(c2C)C(=O)CCC3)ccc1OC(C)C. The summed E-state index contributed by atoms with van der Waals surface area (Å²) in [6.07, 6.45) is 2.22. The molecule has 0 radical (unpaired) electrons. The summed E-state index contributed by atoms with van der Waals surface area (Å²) in [5.41, 5.74) is 3.69. The van der Waals surface area contributed by atoms with Crippen molar-refractivity contribution in [3.8, 4) is 11.5 Å². The van der Waals surface area contributed by atoms with E-state index in [-0.39, 0.29) is 23.8 Å². The number of amides is 1. The predicted molar refractivity (Wildman–Crippen MR) is 107 cm³/mol. The molecule has 0 aliphatic heterocycles. The smallest absolute Gasteiger partial charge is 0.268 e. The number of ketones is 1. The highest BCUT2D eigenvalue weighted by Crippen LogP contribution is 2.31. The van der Waals surface area contributed by atoms with Crippen molar-refractivity contribution >= 4 is 11.7 Å². The highest BCUT2D eigenvalue weighted by Gasteiger charge is 2.27. The maximum absolute atomic E-state index is 12.8. The van der Waals surface area contributed by atoms with Crippen LogP contribution >= 0.6 is 0 Å². The number of benzene rings is 1. The van der Waals surface area contributed by atoms with E-state index in [1.807, 2.05) is 45.9 Å². The van der Waals surface area contributed by atoms with Crippen molar-refractivity contribution in [2.24, 2.45) is 0 Å². The van der Waals surface area contributed by atoms with E-state index >= 15 is 0 Å². The first-order valence-corrected chi connectivity index (χ1v) is 9.71. The minimum absolute atomic E-state index is 0.0430. The second-order valence-electron chi connectivity index (χ2n) is 7.53. The Hall–Kier alpha value is -2.76. The van der Waals surface area contributed by atoms with Gasteiger partial charge in [0, 0.05) is 17.7 Å². The second kappa shape index (κ2) is 8.09. The number of fused-ring (bicyclic) bond motifs is 1. The summed E-state index contributed by atoms with van der Waals surface area (Å²) in [6, 6.07) is 5.42. The van der Waals surface area contributed by atoms with E-state index in [9.17, 15) is 9.59 Å². The maximum Gasteiger partial charge on any atom is 0.268 e. The number of hydrogen-bond donors (Lipinski definition) is 2. The van der Waals surface area contributed by atoms with Gasteiger partial charge in [0.05, 0.1) is 19.3 Å². The number of methoxy groups -OCH3 is 1. The quantitative estimate of drug-likeness (QED) is 0.785. The minimum atomic E-state index is -0.232. The molecule has 2 aromatic rings. The fourth-order valence-electron chi connectivity index (χ4n) is 3.66. The fraction of sp³-hybridized carbons (Fsp3) is 0.455. The molecule has 0 saturated carbocycles. The van der Waals surface area contributed by atoms with Gasteiger partial charge in [-0.15, -0.1) is 0 Å². The predicted octanol–water partition coefficient (Wildman–Crippen LogP) is 4.13. The fourth-order valence-corrected chi connectivity index (χ4v) is 3.66. The number of carbonyl (C=O) groups excluding carboxylic acids is 2. The molecule has 3 rings (SSSR count). The average molecular weight is 384 g/mol. The number of nitrogens with one attached hydrogen (secondary N) is 2. The zero-order valence-corrected chi connectivity index (χ0v) is 17.1. The molecule has 1 aliphatic rings. The third-order valence-corrected chi connectivity index (χ3v) is 5.06. The Labute approximate surface area is 165 Å². The average Bonchev–Trinajstić information content (AvgIpc) is 2.99. The van der Waals surface area contributed by atoms with Crippen molar-refractivity contribution in [1.29, 1.82) is 0 Å². The van der Waals surface area contributed by atoms with E-state index in [1.165, 1.54) is 0 Å². The maximum atomic E-state index is 12.8. The number of aromatic nitrogens is 1. The molecule has 150 valence electrons. The van der Waals surface area contributed by atoms with Crippen LogP contribution in [0.5, 0.6) is 11.5 Å². The van der Waals surface area contributed by atoms with Gasteiger partial charge in [0.15, 0.2) is 17.3 Å². The molecule has 2 N–H and O–H groups in total. The zero-order valence-electron chi connectivity index (χ0n) is 17.1. The van der Waals surface area contributed by atoms with Crippen LogP contribution in [0.25, 0.3) is 0 Å². The van der Waals surface area contributed by atoms with E-state index in [2.05, 4.69) is 10.3 Å².